The molecule has 0 aliphatic carbocycles. The van der Waals surface area contributed by atoms with E-state index < -0.39 is 62.0 Å². The van der Waals surface area contributed by atoms with Crippen molar-refractivity contribution in [3.8, 4) is 17.0 Å². The normalized spacial score (nSPS) is 24.4. The lowest BCUT2D eigenvalue weighted by Crippen LogP contribution is -2.53. The molecule has 16 heteroatoms. The molecule has 7 N–H and O–H groups in total. The molecule has 2 aromatic heterocycles. The van der Waals surface area contributed by atoms with Crippen molar-refractivity contribution in [2.45, 2.75) is 56.9 Å². The fourth-order valence-corrected chi connectivity index (χ4v) is 5.87. The Kier molecular flexibility index (Phi) is 9.10. The second-order valence-electron chi connectivity index (χ2n) is 9.57. The smallest absolute Gasteiger partial charge is 0.459 e. The number of H-pyrrole nitrogens is 1. The van der Waals surface area contributed by atoms with E-state index in [1.54, 1.807) is 44.2 Å². The Balaban J connectivity index is 1.62. The van der Waals surface area contributed by atoms with Gasteiger partial charge in [-0.1, -0.05) is 24.1 Å². The first-order chi connectivity index (χ1) is 19.4. The summed E-state index contributed by atoms with van der Waals surface area (Å²) in [6, 6.07) is 8.52. The van der Waals surface area contributed by atoms with Gasteiger partial charge in [0.05, 0.1) is 18.1 Å². The quantitative estimate of drug-likeness (QED) is 0.126. The Bertz CT molecular complexity index is 1570. The highest BCUT2D eigenvalue weighted by atomic mass is 35.5. The summed E-state index contributed by atoms with van der Waals surface area (Å²) in [7, 11) is -4.29. The number of nitrogens with one attached hydrogen (secondary N) is 2. The summed E-state index contributed by atoms with van der Waals surface area (Å²) >= 11 is 5.69. The van der Waals surface area contributed by atoms with Crippen LogP contribution in [-0.2, 0) is 23.4 Å². The molecule has 6 atom stereocenters. The van der Waals surface area contributed by atoms with Crippen LogP contribution in [0.2, 0.25) is 0 Å². The van der Waals surface area contributed by atoms with Crippen molar-refractivity contribution in [2.75, 3.05) is 12.3 Å². The summed E-state index contributed by atoms with van der Waals surface area (Å²) in [6.45, 7) is 4.25. The van der Waals surface area contributed by atoms with Crippen LogP contribution in [0, 0.1) is 11.3 Å². The van der Waals surface area contributed by atoms with Crippen LogP contribution in [0.5, 0.6) is 5.75 Å². The van der Waals surface area contributed by atoms with Gasteiger partial charge in [-0.25, -0.2) is 4.57 Å². The number of benzene rings is 1. The number of aliphatic hydroxyl groups excluding tert-OH is 1. The molecule has 0 spiro atoms. The first kappa shape index (κ1) is 30.5. The van der Waals surface area contributed by atoms with Gasteiger partial charge >= 0.3 is 13.7 Å². The van der Waals surface area contributed by atoms with Crippen molar-refractivity contribution in [1.82, 2.24) is 19.6 Å². The second-order valence-corrected chi connectivity index (χ2v) is 11.5. The molecule has 1 saturated heterocycles. The first-order valence-corrected chi connectivity index (χ1v) is 14.4. The van der Waals surface area contributed by atoms with Crippen LogP contribution in [0.1, 0.15) is 27.0 Å². The number of hydrogen-bond donors (Lipinski definition) is 5. The van der Waals surface area contributed by atoms with Crippen molar-refractivity contribution in [1.29, 1.82) is 0 Å². The molecule has 220 valence electrons. The topological polar surface area (TPSA) is 206 Å². The van der Waals surface area contributed by atoms with E-state index in [2.05, 4.69) is 26.4 Å². The number of esters is 1. The molecule has 0 saturated carbocycles. The van der Waals surface area contributed by atoms with E-state index in [0.717, 1.165) is 0 Å². The van der Waals surface area contributed by atoms with E-state index in [9.17, 15) is 19.3 Å². The number of carbonyl (C=O) groups is 1. The van der Waals surface area contributed by atoms with Gasteiger partial charge in [0, 0.05) is 11.6 Å². The lowest BCUT2D eigenvalue weighted by Gasteiger charge is -2.28. The molecule has 0 bridgehead atoms. The van der Waals surface area contributed by atoms with Gasteiger partial charge in [0.2, 0.25) is 5.95 Å². The van der Waals surface area contributed by atoms with Crippen LogP contribution in [-0.4, -0.2) is 62.1 Å². The molecule has 1 aliphatic heterocycles. The number of nitrogen functional groups attached to an aromatic ring is 1. The summed E-state index contributed by atoms with van der Waals surface area (Å²) in [6.07, 6.45) is -2.94. The maximum atomic E-state index is 13.8. The molecule has 0 amide bonds. The Labute approximate surface area is 239 Å². The van der Waals surface area contributed by atoms with Gasteiger partial charge in [-0.15, -0.1) is 0 Å². The van der Waals surface area contributed by atoms with Crippen molar-refractivity contribution in [2.24, 2.45) is 5.73 Å². The van der Waals surface area contributed by atoms with Crippen molar-refractivity contribution >= 4 is 42.3 Å². The van der Waals surface area contributed by atoms with Crippen LogP contribution in [0.3, 0.4) is 0 Å². The zero-order valence-corrected chi connectivity index (χ0v) is 24.0. The van der Waals surface area contributed by atoms with E-state index in [1.165, 1.54) is 23.8 Å². The number of rotatable bonds is 10. The number of ether oxygens (including phenoxy) is 2. The largest absolute Gasteiger partial charge is 0.462 e. The minimum Gasteiger partial charge on any atom is -0.462 e. The highest BCUT2D eigenvalue weighted by molar-refractivity contribution is 7.52. The average molecular weight is 609 g/mol. The zero-order valence-electron chi connectivity index (χ0n) is 22.3. The molecule has 1 fully saturated rings. The van der Waals surface area contributed by atoms with Gasteiger partial charge in [0.25, 0.3) is 5.56 Å². The molecule has 14 nitrogen and oxygen atoms in total. The Morgan fingerprint density at radius 2 is 2.05 bits per heavy atom. The van der Waals surface area contributed by atoms with Crippen LogP contribution < -0.4 is 26.6 Å². The number of carbonyl (C=O) groups excluding carboxylic acids is 1. The van der Waals surface area contributed by atoms with E-state index in [-0.39, 0.29) is 22.7 Å². The SMILES string of the molecule is CC(C)OC(=O)[C@H](C)N[P@](=O)(OC[C@H]1O[C@@H](n2ccc3c(=O)[nH]c(N)nc32)C(N)(C#CCl)C1O)Oc1ccccc1. The molecule has 3 heterocycles. The maximum Gasteiger partial charge on any atom is 0.459 e. The molecule has 41 heavy (non-hydrogen) atoms. The number of aromatic nitrogens is 3. The Morgan fingerprint density at radius 3 is 2.71 bits per heavy atom. The fourth-order valence-electron chi connectivity index (χ4n) is 4.21. The monoisotopic (exact) mass is 608 g/mol. The number of para-hydroxylation sites is 1. The van der Waals surface area contributed by atoms with Gasteiger partial charge in [0.15, 0.2) is 17.4 Å². The van der Waals surface area contributed by atoms with E-state index in [1.807, 2.05) is 0 Å². The lowest BCUT2D eigenvalue weighted by molar-refractivity contribution is -0.149. The van der Waals surface area contributed by atoms with E-state index >= 15 is 0 Å². The van der Waals surface area contributed by atoms with E-state index in [4.69, 9.17) is 41.6 Å². The predicted octanol–water partition coefficient (Wildman–Crippen LogP) is 1.60. The maximum absolute atomic E-state index is 13.8. The number of nitrogens with two attached hydrogens (primary N) is 2. The first-order valence-electron chi connectivity index (χ1n) is 12.5. The third kappa shape index (κ3) is 6.58. The number of halogens is 1. The molecule has 4 rings (SSSR count). The van der Waals surface area contributed by atoms with Gasteiger partial charge in [-0.3, -0.25) is 19.1 Å². The molecule has 1 aromatic carbocycles. The minimum atomic E-state index is -4.29. The van der Waals surface area contributed by atoms with Gasteiger partial charge < -0.3 is 35.1 Å². The standard InChI is InChI=1S/C25H30ClN6O8P/c1-14(2)38-22(35)15(3)31-41(36,40-16-7-5-4-6-8-16)37-13-18-19(33)25(28,10-11-26)23(39-18)32-12-9-17-20(32)29-24(27)30-21(17)34/h4-9,12,14-15,18-19,23,33H,13,28H2,1-3H3,(H,31,36)(H3,27,29,30,34)/t15-,18+,19?,23+,25?,41-/m0/s1. The van der Waals surface area contributed by atoms with Crippen molar-refractivity contribution in [3.63, 3.8) is 0 Å². The summed E-state index contributed by atoms with van der Waals surface area (Å²) in [5, 5.41) is 16.1. The van der Waals surface area contributed by atoms with E-state index in [0.29, 0.717) is 0 Å². The molecule has 2 unspecified atom stereocenters. The van der Waals surface area contributed by atoms with Crippen molar-refractivity contribution < 1.29 is 33.0 Å². The number of hydrogen-bond acceptors (Lipinski definition) is 11. The minimum absolute atomic E-state index is 0.119. The lowest BCUT2D eigenvalue weighted by atomic mass is 9.92. The number of anilines is 1. The number of aliphatic hydroxyl groups is 1. The summed E-state index contributed by atoms with van der Waals surface area (Å²) in [5.41, 5.74) is 10.0. The molecule has 3 aromatic rings. The highest BCUT2D eigenvalue weighted by Crippen LogP contribution is 2.47. The molecule has 0 radical (unpaired) electrons. The molecular weight excluding hydrogens is 579 g/mol. The van der Waals surface area contributed by atoms with Crippen molar-refractivity contribution in [3.05, 3.63) is 52.9 Å². The number of fused-ring (bicyclic) bond motifs is 1. The van der Waals surface area contributed by atoms with Crippen LogP contribution in [0.4, 0.5) is 5.95 Å². The van der Waals surface area contributed by atoms with Crippen LogP contribution >= 0.6 is 19.3 Å². The average Bonchev–Trinajstić information content (AvgIpc) is 3.42. The van der Waals surface area contributed by atoms with Crippen LogP contribution in [0.25, 0.3) is 11.0 Å². The highest BCUT2D eigenvalue weighted by Gasteiger charge is 2.55. The van der Waals surface area contributed by atoms with Gasteiger partial charge in [-0.2, -0.15) is 10.1 Å². The Hall–Kier alpha value is -3.41. The third-order valence-corrected chi connectivity index (χ3v) is 7.84. The summed E-state index contributed by atoms with van der Waals surface area (Å²) < 4.78 is 37.8. The summed E-state index contributed by atoms with van der Waals surface area (Å²) in [4.78, 5) is 31.3. The second kappa shape index (κ2) is 12.2. The fraction of sp³-hybridized carbons (Fsp3) is 0.400. The summed E-state index contributed by atoms with van der Waals surface area (Å²) in [5.74, 6) is 1.91. The van der Waals surface area contributed by atoms with Crippen LogP contribution in [0.15, 0.2) is 47.4 Å². The molecular formula is C25H30ClN6O8P. The number of aromatic amines is 1. The Morgan fingerprint density at radius 1 is 1.34 bits per heavy atom. The predicted molar refractivity (Wildman–Crippen MR) is 150 cm³/mol. The zero-order chi connectivity index (χ0) is 29.9. The third-order valence-electron chi connectivity index (χ3n) is 6.10. The number of nitrogens with zero attached hydrogens (tertiary/aromatic N) is 2. The van der Waals surface area contributed by atoms with Gasteiger partial charge in [-0.05, 0) is 50.6 Å². The van der Waals surface area contributed by atoms with Gasteiger partial charge in [0.1, 0.15) is 24.0 Å². The molecule has 1 aliphatic rings.